The summed E-state index contributed by atoms with van der Waals surface area (Å²) in [4.78, 5) is 4.63. The maximum atomic E-state index is 9.72. The lowest BCUT2D eigenvalue weighted by Gasteiger charge is -2.09. The molecule has 5 heteroatoms. The lowest BCUT2D eigenvalue weighted by molar-refractivity contribution is 0.964. The van der Waals surface area contributed by atoms with E-state index in [1.807, 2.05) is 30.3 Å². The van der Waals surface area contributed by atoms with Gasteiger partial charge in [0, 0.05) is 20.6 Å². The smallest absolute Gasteiger partial charge is 0.135 e. The van der Waals surface area contributed by atoms with Crippen molar-refractivity contribution in [2.24, 2.45) is 0 Å². The average Bonchev–Trinajstić information content (AvgIpc) is 3.21. The number of aromatic nitrogens is 2. The van der Waals surface area contributed by atoms with Gasteiger partial charge in [0.25, 0.3) is 0 Å². The third kappa shape index (κ3) is 3.43. The van der Waals surface area contributed by atoms with Gasteiger partial charge >= 0.3 is 0 Å². The number of fused-ring (bicyclic) bond motifs is 1. The second kappa shape index (κ2) is 7.29. The Bertz CT molecular complexity index is 1170. The minimum absolute atomic E-state index is 0.596. The van der Waals surface area contributed by atoms with Crippen LogP contribution in [0.1, 0.15) is 22.0 Å². The molecule has 132 valence electrons. The van der Waals surface area contributed by atoms with E-state index in [1.165, 1.54) is 3.57 Å². The molecule has 2 aromatic carbocycles. The van der Waals surface area contributed by atoms with Gasteiger partial charge in [-0.25, -0.2) is 4.98 Å². The number of aryl methyl sites for hydroxylation is 1. The number of hydrogen-bond acceptors (Lipinski definition) is 3. The third-order valence-corrected chi connectivity index (χ3v) is 6.29. The Morgan fingerprint density at radius 1 is 1.15 bits per heavy atom. The summed E-state index contributed by atoms with van der Waals surface area (Å²) < 4.78 is 4.52. The summed E-state index contributed by atoms with van der Waals surface area (Å²) in [5.74, 6) is 0. The number of benzene rings is 2. The Morgan fingerprint density at radius 2 is 1.89 bits per heavy atom. The van der Waals surface area contributed by atoms with Crippen molar-refractivity contribution >= 4 is 55.8 Å². The third-order valence-electron chi connectivity index (χ3n) is 4.50. The van der Waals surface area contributed by atoms with Crippen LogP contribution in [0.5, 0.6) is 0 Å². The first-order chi connectivity index (χ1) is 13.1. The number of allylic oxidation sites excluding steroid dienone is 1. The molecule has 0 unspecified atom stereocenters. The second-order valence-corrected chi connectivity index (χ2v) is 8.57. The first kappa shape index (κ1) is 18.0. The van der Waals surface area contributed by atoms with Crippen molar-refractivity contribution < 1.29 is 0 Å². The van der Waals surface area contributed by atoms with E-state index in [4.69, 9.17) is 0 Å². The molecule has 0 radical (unpaired) electrons. The van der Waals surface area contributed by atoms with Crippen molar-refractivity contribution in [1.82, 2.24) is 9.55 Å². The summed E-state index contributed by atoms with van der Waals surface area (Å²) in [5.41, 5.74) is 5.96. The molecule has 27 heavy (non-hydrogen) atoms. The number of rotatable bonds is 3. The molecule has 4 aromatic rings. The lowest BCUT2D eigenvalue weighted by Crippen LogP contribution is -1.98. The molecule has 0 aliphatic rings. The predicted molar refractivity (Wildman–Crippen MR) is 121 cm³/mol. The number of thiazole rings is 1. The van der Waals surface area contributed by atoms with Gasteiger partial charge in [0.2, 0.25) is 0 Å². The molecule has 0 N–H and O–H groups in total. The van der Waals surface area contributed by atoms with Crippen LogP contribution in [0.2, 0.25) is 0 Å². The SMILES string of the molecule is Cc1cc(/C=C(\C#N)c2nc3ccccc3s2)c(C)n1-c1ccc(I)cc1. The Balaban J connectivity index is 1.79. The Hall–Kier alpha value is -2.43. The average molecular weight is 481 g/mol. The number of nitrogens with zero attached hydrogens (tertiary/aromatic N) is 3. The largest absolute Gasteiger partial charge is 0.318 e. The number of nitriles is 1. The molecule has 4 rings (SSSR count). The summed E-state index contributed by atoms with van der Waals surface area (Å²) in [6.07, 6.45) is 1.95. The summed E-state index contributed by atoms with van der Waals surface area (Å²) in [6, 6.07) is 20.9. The Labute approximate surface area is 175 Å². The highest BCUT2D eigenvalue weighted by Crippen LogP contribution is 2.30. The van der Waals surface area contributed by atoms with E-state index in [2.05, 4.69) is 82.4 Å². The summed E-state index contributed by atoms with van der Waals surface area (Å²) in [5, 5.41) is 10.5. The molecule has 0 saturated carbocycles. The highest BCUT2D eigenvalue weighted by atomic mass is 127. The van der Waals surface area contributed by atoms with Crippen LogP contribution in [-0.2, 0) is 0 Å². The molecule has 0 aliphatic carbocycles. The van der Waals surface area contributed by atoms with Crippen LogP contribution < -0.4 is 0 Å². The quantitative estimate of drug-likeness (QED) is 0.252. The molecule has 0 fully saturated rings. The van der Waals surface area contributed by atoms with Gasteiger partial charge in [-0.05, 0) is 90.5 Å². The van der Waals surface area contributed by atoms with E-state index in [0.717, 1.165) is 37.9 Å². The van der Waals surface area contributed by atoms with Crippen molar-refractivity contribution in [3.8, 4) is 11.8 Å². The maximum Gasteiger partial charge on any atom is 0.135 e. The van der Waals surface area contributed by atoms with Crippen LogP contribution in [0, 0.1) is 28.7 Å². The standard InChI is InChI=1S/C22H16IN3S/c1-14-11-16(15(2)26(14)19-9-7-18(23)8-10-19)12-17(13-24)22-25-20-5-3-4-6-21(20)27-22/h3-12H,1-2H3/b17-12+. The van der Waals surface area contributed by atoms with Crippen molar-refractivity contribution in [1.29, 1.82) is 5.26 Å². The summed E-state index contributed by atoms with van der Waals surface area (Å²) in [7, 11) is 0. The number of hydrogen-bond donors (Lipinski definition) is 0. The van der Waals surface area contributed by atoms with E-state index >= 15 is 0 Å². The van der Waals surface area contributed by atoms with Gasteiger partial charge in [0.15, 0.2) is 0 Å². The maximum absolute atomic E-state index is 9.72. The summed E-state index contributed by atoms with van der Waals surface area (Å²) >= 11 is 3.87. The molecule has 0 aliphatic heterocycles. The topological polar surface area (TPSA) is 41.6 Å². The molecule has 2 aromatic heterocycles. The van der Waals surface area contributed by atoms with Gasteiger partial charge in [-0.1, -0.05) is 12.1 Å². The van der Waals surface area contributed by atoms with Gasteiger partial charge in [0.05, 0.1) is 15.8 Å². The molecule has 0 amide bonds. The van der Waals surface area contributed by atoms with Gasteiger partial charge in [-0.2, -0.15) is 5.26 Å². The fraction of sp³-hybridized carbons (Fsp3) is 0.0909. The minimum Gasteiger partial charge on any atom is -0.318 e. The molecular weight excluding hydrogens is 465 g/mol. The molecular formula is C22H16IN3S. The van der Waals surface area contributed by atoms with E-state index in [1.54, 1.807) is 11.3 Å². The zero-order valence-corrected chi connectivity index (χ0v) is 17.9. The monoisotopic (exact) mass is 481 g/mol. The van der Waals surface area contributed by atoms with Gasteiger partial charge in [-0.3, -0.25) is 0 Å². The van der Waals surface area contributed by atoms with Crippen LogP contribution in [0.4, 0.5) is 0 Å². The van der Waals surface area contributed by atoms with Gasteiger partial charge < -0.3 is 4.57 Å². The lowest BCUT2D eigenvalue weighted by atomic mass is 10.1. The number of para-hydroxylation sites is 1. The number of halogens is 1. The van der Waals surface area contributed by atoms with Crippen LogP contribution in [0.25, 0.3) is 27.6 Å². The zero-order chi connectivity index (χ0) is 19.0. The Kier molecular flexibility index (Phi) is 4.85. The first-order valence-corrected chi connectivity index (χ1v) is 10.4. The molecule has 0 atom stereocenters. The Morgan fingerprint density at radius 3 is 2.59 bits per heavy atom. The van der Waals surface area contributed by atoms with Crippen molar-refractivity contribution in [2.45, 2.75) is 13.8 Å². The minimum atomic E-state index is 0.596. The molecule has 2 heterocycles. The molecule has 0 saturated heterocycles. The van der Waals surface area contributed by atoms with Gasteiger partial charge in [0.1, 0.15) is 11.1 Å². The zero-order valence-electron chi connectivity index (χ0n) is 14.9. The fourth-order valence-corrected chi connectivity index (χ4v) is 4.50. The van der Waals surface area contributed by atoms with Crippen molar-refractivity contribution in [3.05, 3.63) is 80.1 Å². The van der Waals surface area contributed by atoms with Crippen molar-refractivity contribution in [3.63, 3.8) is 0 Å². The normalized spacial score (nSPS) is 11.7. The van der Waals surface area contributed by atoms with E-state index in [9.17, 15) is 5.26 Å². The fourth-order valence-electron chi connectivity index (χ4n) is 3.21. The van der Waals surface area contributed by atoms with E-state index < -0.39 is 0 Å². The van der Waals surface area contributed by atoms with E-state index in [-0.39, 0.29) is 0 Å². The van der Waals surface area contributed by atoms with Crippen LogP contribution >= 0.6 is 33.9 Å². The highest BCUT2D eigenvalue weighted by Gasteiger charge is 2.13. The van der Waals surface area contributed by atoms with E-state index in [0.29, 0.717) is 5.57 Å². The highest BCUT2D eigenvalue weighted by molar-refractivity contribution is 14.1. The van der Waals surface area contributed by atoms with Crippen LogP contribution in [0.3, 0.4) is 0 Å². The molecule has 0 spiro atoms. The summed E-state index contributed by atoms with van der Waals surface area (Å²) in [6.45, 7) is 4.18. The molecule has 0 bridgehead atoms. The van der Waals surface area contributed by atoms with Gasteiger partial charge in [-0.15, -0.1) is 11.3 Å². The van der Waals surface area contributed by atoms with Crippen molar-refractivity contribution in [2.75, 3.05) is 0 Å². The van der Waals surface area contributed by atoms with Crippen LogP contribution in [0.15, 0.2) is 54.6 Å². The first-order valence-electron chi connectivity index (χ1n) is 8.49. The predicted octanol–water partition coefficient (Wildman–Crippen LogP) is 6.37. The second-order valence-electron chi connectivity index (χ2n) is 6.29. The van der Waals surface area contributed by atoms with Crippen LogP contribution in [-0.4, -0.2) is 9.55 Å². The molecule has 3 nitrogen and oxygen atoms in total.